The standard InChI is InChI=1S/C15H21NOS/c1-11-5-3-4-6-14(11)16-15(17)10-9-13-8-7-12(2)18-13/h7-11,14H,3-6H2,1-2H3,(H,16,17)/b10-9+/t11-,14+/m0/s1. The van der Waals surface area contributed by atoms with Crippen LogP contribution < -0.4 is 5.32 Å². The Hall–Kier alpha value is -1.09. The third kappa shape index (κ3) is 3.70. The van der Waals surface area contributed by atoms with Crippen molar-refractivity contribution in [1.29, 1.82) is 0 Å². The Kier molecular flexibility index (Phi) is 4.59. The molecule has 1 aromatic rings. The molecule has 18 heavy (non-hydrogen) atoms. The lowest BCUT2D eigenvalue weighted by Crippen LogP contribution is -2.40. The van der Waals surface area contributed by atoms with Crippen molar-refractivity contribution in [2.45, 2.75) is 45.6 Å². The Bertz CT molecular complexity index is 435. The molecular weight excluding hydrogens is 242 g/mol. The number of carbonyl (C=O) groups excluding carboxylic acids is 1. The van der Waals surface area contributed by atoms with Crippen molar-refractivity contribution < 1.29 is 4.79 Å². The van der Waals surface area contributed by atoms with Gasteiger partial charge in [-0.3, -0.25) is 4.79 Å². The van der Waals surface area contributed by atoms with Crippen molar-refractivity contribution in [1.82, 2.24) is 5.32 Å². The molecule has 1 aromatic heterocycles. The molecule has 1 N–H and O–H groups in total. The second kappa shape index (κ2) is 6.19. The SMILES string of the molecule is Cc1ccc(/C=C/C(=O)N[C@@H]2CCCC[C@@H]2C)s1. The van der Waals surface area contributed by atoms with E-state index in [0.29, 0.717) is 12.0 Å². The number of hydrogen-bond donors (Lipinski definition) is 1. The minimum atomic E-state index is 0.0415. The highest BCUT2D eigenvalue weighted by Gasteiger charge is 2.21. The van der Waals surface area contributed by atoms with Gasteiger partial charge in [-0.05, 0) is 43.9 Å². The Balaban J connectivity index is 1.86. The first-order chi connectivity index (χ1) is 8.65. The minimum Gasteiger partial charge on any atom is -0.350 e. The Labute approximate surface area is 113 Å². The maximum absolute atomic E-state index is 11.8. The Morgan fingerprint density at radius 3 is 2.83 bits per heavy atom. The number of hydrogen-bond acceptors (Lipinski definition) is 2. The molecule has 0 saturated heterocycles. The first-order valence-corrected chi connectivity index (χ1v) is 7.52. The van der Waals surface area contributed by atoms with Gasteiger partial charge < -0.3 is 5.32 Å². The second-order valence-electron chi connectivity index (χ2n) is 5.16. The van der Waals surface area contributed by atoms with Crippen molar-refractivity contribution in [3.05, 3.63) is 28.0 Å². The van der Waals surface area contributed by atoms with E-state index in [9.17, 15) is 4.79 Å². The fraction of sp³-hybridized carbons (Fsp3) is 0.533. The van der Waals surface area contributed by atoms with E-state index in [-0.39, 0.29) is 5.91 Å². The van der Waals surface area contributed by atoms with Gasteiger partial charge in [0.15, 0.2) is 0 Å². The smallest absolute Gasteiger partial charge is 0.244 e. The number of carbonyl (C=O) groups is 1. The summed E-state index contributed by atoms with van der Waals surface area (Å²) in [6.45, 7) is 4.31. The van der Waals surface area contributed by atoms with Crippen LogP contribution in [0.2, 0.25) is 0 Å². The second-order valence-corrected chi connectivity index (χ2v) is 6.48. The van der Waals surface area contributed by atoms with Crippen LogP contribution in [0, 0.1) is 12.8 Å². The molecule has 0 spiro atoms. The lowest BCUT2D eigenvalue weighted by Gasteiger charge is -2.29. The maximum Gasteiger partial charge on any atom is 0.244 e. The van der Waals surface area contributed by atoms with Crippen molar-refractivity contribution in [3.63, 3.8) is 0 Å². The van der Waals surface area contributed by atoms with Gasteiger partial charge in [0, 0.05) is 21.9 Å². The van der Waals surface area contributed by atoms with E-state index in [2.05, 4.69) is 25.2 Å². The summed E-state index contributed by atoms with van der Waals surface area (Å²) in [6, 6.07) is 4.49. The zero-order valence-electron chi connectivity index (χ0n) is 11.1. The van der Waals surface area contributed by atoms with Gasteiger partial charge in [-0.1, -0.05) is 19.8 Å². The molecule has 2 nitrogen and oxygen atoms in total. The summed E-state index contributed by atoms with van der Waals surface area (Å²) in [6.07, 6.45) is 8.46. The minimum absolute atomic E-state index is 0.0415. The molecule has 3 heteroatoms. The van der Waals surface area contributed by atoms with E-state index in [1.165, 1.54) is 24.1 Å². The van der Waals surface area contributed by atoms with Crippen molar-refractivity contribution in [2.75, 3.05) is 0 Å². The summed E-state index contributed by atoms with van der Waals surface area (Å²) in [4.78, 5) is 14.3. The van der Waals surface area contributed by atoms with Gasteiger partial charge in [0.05, 0.1) is 0 Å². The summed E-state index contributed by atoms with van der Waals surface area (Å²) >= 11 is 1.71. The average Bonchev–Trinajstić information content (AvgIpc) is 2.76. The van der Waals surface area contributed by atoms with Gasteiger partial charge in [0.25, 0.3) is 0 Å². The largest absolute Gasteiger partial charge is 0.350 e. The molecule has 0 radical (unpaired) electrons. The van der Waals surface area contributed by atoms with Crippen LogP contribution in [0.25, 0.3) is 6.08 Å². The first kappa shape index (κ1) is 13.3. The summed E-state index contributed by atoms with van der Waals surface area (Å²) < 4.78 is 0. The van der Waals surface area contributed by atoms with Crippen molar-refractivity contribution in [3.8, 4) is 0 Å². The van der Waals surface area contributed by atoms with Crippen molar-refractivity contribution in [2.24, 2.45) is 5.92 Å². The Morgan fingerprint density at radius 1 is 1.39 bits per heavy atom. The molecule has 1 heterocycles. The van der Waals surface area contributed by atoms with Crippen LogP contribution in [-0.2, 0) is 4.79 Å². The van der Waals surface area contributed by atoms with Gasteiger partial charge in [0.1, 0.15) is 0 Å². The highest BCUT2D eigenvalue weighted by molar-refractivity contribution is 7.12. The molecule has 1 saturated carbocycles. The monoisotopic (exact) mass is 263 g/mol. The number of aryl methyl sites for hydroxylation is 1. The van der Waals surface area contributed by atoms with Gasteiger partial charge in [-0.15, -0.1) is 11.3 Å². The molecule has 1 amide bonds. The topological polar surface area (TPSA) is 29.1 Å². The van der Waals surface area contributed by atoms with Gasteiger partial charge in [-0.2, -0.15) is 0 Å². The fourth-order valence-corrected chi connectivity index (χ4v) is 3.24. The van der Waals surface area contributed by atoms with E-state index in [0.717, 1.165) is 11.3 Å². The van der Waals surface area contributed by atoms with Crippen LogP contribution in [0.3, 0.4) is 0 Å². The highest BCUT2D eigenvalue weighted by atomic mass is 32.1. The number of amides is 1. The highest BCUT2D eigenvalue weighted by Crippen LogP contribution is 2.23. The lowest BCUT2D eigenvalue weighted by molar-refractivity contribution is -0.117. The normalized spacial score (nSPS) is 24.3. The first-order valence-electron chi connectivity index (χ1n) is 6.70. The molecule has 0 unspecified atom stereocenters. The molecule has 0 aliphatic heterocycles. The quantitative estimate of drug-likeness (QED) is 0.826. The summed E-state index contributed by atoms with van der Waals surface area (Å²) in [5.74, 6) is 0.653. The Morgan fingerprint density at radius 2 is 2.17 bits per heavy atom. The zero-order valence-corrected chi connectivity index (χ0v) is 11.9. The van der Waals surface area contributed by atoms with Crippen LogP contribution in [0.4, 0.5) is 0 Å². The van der Waals surface area contributed by atoms with Crippen LogP contribution in [0.1, 0.15) is 42.4 Å². The van der Waals surface area contributed by atoms with Gasteiger partial charge in [0.2, 0.25) is 5.91 Å². The maximum atomic E-state index is 11.8. The van der Waals surface area contributed by atoms with Crippen LogP contribution in [0.15, 0.2) is 18.2 Å². The number of rotatable bonds is 3. The van der Waals surface area contributed by atoms with E-state index in [1.54, 1.807) is 17.4 Å². The van der Waals surface area contributed by atoms with Crippen LogP contribution >= 0.6 is 11.3 Å². The van der Waals surface area contributed by atoms with E-state index in [1.807, 2.05) is 12.1 Å². The van der Waals surface area contributed by atoms with E-state index in [4.69, 9.17) is 0 Å². The van der Waals surface area contributed by atoms with Crippen LogP contribution in [0.5, 0.6) is 0 Å². The van der Waals surface area contributed by atoms with Gasteiger partial charge in [-0.25, -0.2) is 0 Å². The molecule has 1 aliphatic rings. The van der Waals surface area contributed by atoms with E-state index >= 15 is 0 Å². The number of nitrogens with one attached hydrogen (secondary N) is 1. The lowest BCUT2D eigenvalue weighted by atomic mass is 9.86. The van der Waals surface area contributed by atoms with Crippen molar-refractivity contribution >= 4 is 23.3 Å². The molecule has 0 bridgehead atoms. The van der Waals surface area contributed by atoms with Crippen LogP contribution in [-0.4, -0.2) is 11.9 Å². The third-order valence-electron chi connectivity index (χ3n) is 3.60. The molecule has 2 atom stereocenters. The molecular formula is C15H21NOS. The summed E-state index contributed by atoms with van der Waals surface area (Å²) in [5.41, 5.74) is 0. The summed E-state index contributed by atoms with van der Waals surface area (Å²) in [7, 11) is 0. The molecule has 1 fully saturated rings. The van der Waals surface area contributed by atoms with E-state index < -0.39 is 0 Å². The predicted octanol–water partition coefficient (Wildman–Crippen LogP) is 3.76. The fourth-order valence-electron chi connectivity index (χ4n) is 2.46. The average molecular weight is 263 g/mol. The molecule has 0 aromatic carbocycles. The van der Waals surface area contributed by atoms with Gasteiger partial charge >= 0.3 is 0 Å². The molecule has 2 rings (SSSR count). The predicted molar refractivity (Wildman–Crippen MR) is 77.7 cm³/mol. The zero-order chi connectivity index (χ0) is 13.0. The number of thiophene rings is 1. The molecule has 1 aliphatic carbocycles. The molecule has 98 valence electrons. The third-order valence-corrected chi connectivity index (χ3v) is 4.57. The summed E-state index contributed by atoms with van der Waals surface area (Å²) in [5, 5.41) is 3.12.